The Hall–Kier alpha value is -3.52. The Bertz CT molecular complexity index is 1590. The third kappa shape index (κ3) is 4.54. The van der Waals surface area contributed by atoms with Gasteiger partial charge in [0.05, 0.1) is 69.6 Å². The Morgan fingerprint density at radius 3 is 2.74 bits per heavy atom. The van der Waals surface area contributed by atoms with Gasteiger partial charge in [-0.1, -0.05) is 6.07 Å². The normalized spacial score (nSPS) is 21.3. The number of methoxy groups -OCH3 is 1. The predicted octanol–water partition coefficient (Wildman–Crippen LogP) is 3.99. The van der Waals surface area contributed by atoms with Gasteiger partial charge in [-0.05, 0) is 31.0 Å². The summed E-state index contributed by atoms with van der Waals surface area (Å²) in [6.07, 6.45) is -1.51. The number of hydrogen-bond donors (Lipinski definition) is 1. The van der Waals surface area contributed by atoms with Crippen LogP contribution >= 0.6 is 0 Å². The summed E-state index contributed by atoms with van der Waals surface area (Å²) in [5.41, 5.74) is 1.45. The van der Waals surface area contributed by atoms with Crippen LogP contribution in [0, 0.1) is 12.7 Å². The van der Waals surface area contributed by atoms with E-state index in [9.17, 15) is 8.78 Å². The number of anilines is 1. The van der Waals surface area contributed by atoms with E-state index in [0.29, 0.717) is 22.4 Å². The number of nitrogens with zero attached hydrogens (tertiary/aromatic N) is 6. The van der Waals surface area contributed by atoms with Crippen molar-refractivity contribution in [3.8, 4) is 17.0 Å². The first-order chi connectivity index (χ1) is 19.0. The maximum Gasteiger partial charge on any atom is 0.280 e. The van der Waals surface area contributed by atoms with Gasteiger partial charge < -0.3 is 19.4 Å². The minimum Gasteiger partial charge on any atom is -0.479 e. The lowest BCUT2D eigenvalue weighted by Gasteiger charge is -2.44. The number of likely N-dealkylation sites (tertiary alicyclic amines) is 1. The molecule has 0 bridgehead atoms. The van der Waals surface area contributed by atoms with Crippen LogP contribution in [0.3, 0.4) is 0 Å². The third-order valence-corrected chi connectivity index (χ3v) is 7.18. The second kappa shape index (κ2) is 9.59. The highest BCUT2D eigenvalue weighted by atomic mass is 19.3. The van der Waals surface area contributed by atoms with Crippen molar-refractivity contribution in [2.75, 3.05) is 38.7 Å². The van der Waals surface area contributed by atoms with Gasteiger partial charge in [0.2, 0.25) is 11.8 Å². The first kappa shape index (κ1) is 24.5. The second-order valence-corrected chi connectivity index (χ2v) is 9.68. The predicted molar refractivity (Wildman–Crippen MR) is 132 cm³/mol. The number of aryl methyl sites for hydroxylation is 1. The minimum atomic E-state index is -3.20. The number of alkyl halides is 4. The molecule has 0 saturated carbocycles. The van der Waals surface area contributed by atoms with Crippen molar-refractivity contribution in [3.05, 3.63) is 36.0 Å². The summed E-state index contributed by atoms with van der Waals surface area (Å²) in [6.45, 7) is 0.852. The molecule has 14 heteroatoms. The van der Waals surface area contributed by atoms with Crippen molar-refractivity contribution in [3.63, 3.8) is 0 Å². The summed E-state index contributed by atoms with van der Waals surface area (Å²) in [4.78, 5) is 9.96. The largest absolute Gasteiger partial charge is 0.479 e. The average molecular weight is 553 g/mol. The van der Waals surface area contributed by atoms with Crippen molar-refractivity contribution in [1.29, 1.82) is 0 Å². The third-order valence-electron chi connectivity index (χ3n) is 7.18. The molecule has 2 fully saturated rings. The quantitative estimate of drug-likeness (QED) is 0.348. The van der Waals surface area contributed by atoms with Gasteiger partial charge in [-0.25, -0.2) is 31.5 Å². The molecule has 4 aromatic rings. The van der Waals surface area contributed by atoms with E-state index >= 15 is 13.2 Å². The van der Waals surface area contributed by atoms with Crippen LogP contribution < -0.4 is 10.1 Å². The Labute approximate surface area is 220 Å². The average Bonchev–Trinajstić information content (AvgIpc) is 3.37. The molecule has 2 aliphatic heterocycles. The van der Waals surface area contributed by atoms with E-state index in [2.05, 4.69) is 20.4 Å². The first-order valence-corrected chi connectivity index (χ1v) is 12.3. The molecule has 39 heavy (non-hydrogen) atoms. The van der Waals surface area contributed by atoms with E-state index in [1.807, 2.05) is 0 Å². The molecule has 3 aromatic heterocycles. The molecule has 1 N–H and O–H groups in total. The van der Waals surface area contributed by atoms with Gasteiger partial charge in [0.25, 0.3) is 12.3 Å². The van der Waals surface area contributed by atoms with Crippen LogP contribution in [-0.2, 0) is 11.3 Å². The monoisotopic (exact) mass is 552 g/mol. The summed E-state index contributed by atoms with van der Waals surface area (Å²) in [6, 6.07) is 2.30. The fourth-order valence-corrected chi connectivity index (χ4v) is 5.19. The van der Waals surface area contributed by atoms with Gasteiger partial charge in [-0.15, -0.1) is 5.10 Å². The number of aromatic nitrogens is 5. The first-order valence-electron chi connectivity index (χ1n) is 12.8. The summed E-state index contributed by atoms with van der Waals surface area (Å²) in [5, 5.41) is 6.89. The fraction of sp³-hybridized carbons (Fsp3) is 0.480. The molecule has 0 unspecified atom stereocenters. The maximum atomic E-state index is 15.4. The van der Waals surface area contributed by atoms with Gasteiger partial charge in [-0.2, -0.15) is 4.98 Å². The van der Waals surface area contributed by atoms with E-state index in [-0.39, 0.29) is 49.1 Å². The van der Waals surface area contributed by atoms with E-state index in [4.69, 9.17) is 10.8 Å². The highest BCUT2D eigenvalue weighted by Crippen LogP contribution is 2.37. The summed E-state index contributed by atoms with van der Waals surface area (Å²) in [7, 11) is 1.31. The van der Waals surface area contributed by atoms with Crippen LogP contribution in [0.5, 0.6) is 5.88 Å². The van der Waals surface area contributed by atoms with Crippen molar-refractivity contribution >= 4 is 22.5 Å². The molecule has 0 radical (unpaired) electrons. The molecule has 1 aromatic carbocycles. The smallest absolute Gasteiger partial charge is 0.280 e. The number of piperidine rings is 1. The molecule has 2 saturated heterocycles. The number of fused-ring (bicyclic) bond motifs is 2. The topological polar surface area (TPSA) is 81.7 Å². The zero-order valence-electron chi connectivity index (χ0n) is 22.1. The van der Waals surface area contributed by atoms with Gasteiger partial charge >= 0.3 is 0 Å². The van der Waals surface area contributed by atoms with E-state index < -0.39 is 43.3 Å². The van der Waals surface area contributed by atoms with Gasteiger partial charge in [0, 0.05) is 6.54 Å². The summed E-state index contributed by atoms with van der Waals surface area (Å²) < 4.78 is 93.1. The second-order valence-electron chi connectivity index (χ2n) is 9.68. The number of hydrogen-bond acceptors (Lipinski definition) is 7. The standard InChI is InChI=1S/C25H26F5N7O2/c1-13-31-17-4-3-14(7-18(17)36(13)9-20(27)28)21-16(26)8-37-22(21)23(38-2)33-24(34-37)32-19-5-6-35(12-25(19,29)30)15-10-39-11-15/h3-4,7-8,15,19-20H,5-6,9-12H2,1-2H3,(H,32,34)/t19-/m1/s1/i15D. The zero-order chi connectivity index (χ0) is 28.4. The van der Waals surface area contributed by atoms with Crippen LogP contribution in [0.25, 0.3) is 27.7 Å². The Morgan fingerprint density at radius 1 is 1.28 bits per heavy atom. The molecule has 5 heterocycles. The lowest BCUT2D eigenvalue weighted by Crippen LogP contribution is -2.61. The number of halogens is 5. The summed E-state index contributed by atoms with van der Waals surface area (Å²) >= 11 is 0. The van der Waals surface area contributed by atoms with E-state index in [1.165, 1.54) is 16.6 Å². The van der Waals surface area contributed by atoms with Gasteiger partial charge in [-0.3, -0.25) is 4.90 Å². The van der Waals surface area contributed by atoms with Crippen molar-refractivity contribution < 1.29 is 32.8 Å². The molecular formula is C25H26F5N7O2. The number of rotatable bonds is 7. The lowest BCUT2D eigenvalue weighted by molar-refractivity contribution is -0.131. The molecule has 9 nitrogen and oxygen atoms in total. The molecule has 0 amide bonds. The Balaban J connectivity index is 1.34. The van der Waals surface area contributed by atoms with Crippen LogP contribution in [0.15, 0.2) is 24.4 Å². The van der Waals surface area contributed by atoms with Crippen LogP contribution in [-0.4, -0.2) is 86.9 Å². The van der Waals surface area contributed by atoms with Crippen LogP contribution in [0.4, 0.5) is 27.9 Å². The molecule has 0 aliphatic carbocycles. The molecule has 6 rings (SSSR count). The lowest BCUT2D eigenvalue weighted by atomic mass is 9.98. The van der Waals surface area contributed by atoms with E-state index in [0.717, 1.165) is 10.7 Å². The number of ether oxygens (including phenoxy) is 2. The molecule has 208 valence electrons. The van der Waals surface area contributed by atoms with Gasteiger partial charge in [0.1, 0.15) is 11.3 Å². The zero-order valence-corrected chi connectivity index (χ0v) is 21.1. The highest BCUT2D eigenvalue weighted by Gasteiger charge is 2.47. The van der Waals surface area contributed by atoms with Crippen molar-refractivity contribution in [2.45, 2.75) is 44.3 Å². The van der Waals surface area contributed by atoms with Crippen LogP contribution in [0.1, 0.15) is 13.6 Å². The molecule has 1 atom stereocenters. The Morgan fingerprint density at radius 2 is 2.08 bits per heavy atom. The number of nitrogens with one attached hydrogen (secondary N) is 1. The number of benzene rings is 1. The fourth-order valence-electron chi connectivity index (χ4n) is 5.19. The Kier molecular flexibility index (Phi) is 6.03. The molecule has 2 aliphatic rings. The molecule has 0 spiro atoms. The minimum absolute atomic E-state index is 0.0222. The van der Waals surface area contributed by atoms with Crippen molar-refractivity contribution in [1.82, 2.24) is 29.0 Å². The van der Waals surface area contributed by atoms with E-state index in [1.54, 1.807) is 25.1 Å². The van der Waals surface area contributed by atoms with Crippen molar-refractivity contribution in [2.24, 2.45) is 0 Å². The van der Waals surface area contributed by atoms with Crippen LogP contribution in [0.2, 0.25) is 0 Å². The molecular weight excluding hydrogens is 525 g/mol. The SMILES string of the molecule is [2H]C1(N2CC[C@@H](Nc3nc(OC)c4c(-c5ccc6nc(C)n(CC(F)F)c6c5)c(F)cn4n3)C(F)(F)C2)COC1. The van der Waals surface area contributed by atoms with Gasteiger partial charge in [0.15, 0.2) is 5.82 Å². The number of imidazole rings is 1. The maximum absolute atomic E-state index is 15.4. The summed E-state index contributed by atoms with van der Waals surface area (Å²) in [5.74, 6) is -3.74. The highest BCUT2D eigenvalue weighted by molar-refractivity contribution is 5.90.